The van der Waals surface area contributed by atoms with E-state index in [2.05, 4.69) is 10.6 Å². The van der Waals surface area contributed by atoms with Crippen LogP contribution in [-0.4, -0.2) is 31.9 Å². The quantitative estimate of drug-likeness (QED) is 0.461. The third-order valence-electron chi connectivity index (χ3n) is 6.25. The van der Waals surface area contributed by atoms with Crippen LogP contribution >= 0.6 is 0 Å². The summed E-state index contributed by atoms with van der Waals surface area (Å²) in [6.07, 6.45) is 4.60. The first-order chi connectivity index (χ1) is 17.7. The second-order valence-electron chi connectivity index (χ2n) is 8.91. The van der Waals surface area contributed by atoms with Crippen LogP contribution in [-0.2, 0) is 9.84 Å². The Morgan fingerprint density at radius 1 is 1.08 bits per heavy atom. The number of phenolic OH excluding ortho intramolecular Hbond substituents is 1. The number of allylic oxidation sites excluding steroid dienone is 2. The number of fused-ring (bicyclic) bond motifs is 2. The summed E-state index contributed by atoms with van der Waals surface area (Å²) in [6.45, 7) is 2.25. The number of anilines is 1. The molecule has 0 radical (unpaired) electrons. The van der Waals surface area contributed by atoms with Gasteiger partial charge in [-0.15, -0.1) is 0 Å². The summed E-state index contributed by atoms with van der Waals surface area (Å²) in [7, 11) is -3.94. The highest BCUT2D eigenvalue weighted by Crippen LogP contribution is 2.34. The van der Waals surface area contributed by atoms with Crippen LogP contribution in [0.5, 0.6) is 11.5 Å². The van der Waals surface area contributed by atoms with Gasteiger partial charge in [-0.3, -0.25) is 9.59 Å². The van der Waals surface area contributed by atoms with Crippen molar-refractivity contribution in [3.63, 3.8) is 0 Å². The van der Waals surface area contributed by atoms with Crippen LogP contribution in [0.4, 0.5) is 5.69 Å². The Balaban J connectivity index is 1.32. The predicted octanol–water partition coefficient (Wildman–Crippen LogP) is 4.45. The normalized spacial score (nSPS) is 17.8. The lowest BCUT2D eigenvalue weighted by Crippen LogP contribution is -2.26. The van der Waals surface area contributed by atoms with E-state index < -0.39 is 21.7 Å². The van der Waals surface area contributed by atoms with Crippen LogP contribution in [0.1, 0.15) is 34.1 Å². The molecule has 1 aliphatic carbocycles. The molecule has 0 saturated carbocycles. The van der Waals surface area contributed by atoms with Gasteiger partial charge in [0.25, 0.3) is 11.8 Å². The molecule has 0 spiro atoms. The van der Waals surface area contributed by atoms with E-state index in [1.807, 2.05) is 19.1 Å². The van der Waals surface area contributed by atoms with Crippen molar-refractivity contribution in [2.24, 2.45) is 5.92 Å². The predicted molar refractivity (Wildman–Crippen MR) is 137 cm³/mol. The van der Waals surface area contributed by atoms with Crippen LogP contribution in [0.25, 0.3) is 0 Å². The highest BCUT2D eigenvalue weighted by molar-refractivity contribution is 7.91. The van der Waals surface area contributed by atoms with Crippen molar-refractivity contribution >= 4 is 27.3 Å². The van der Waals surface area contributed by atoms with E-state index in [1.54, 1.807) is 30.3 Å². The van der Waals surface area contributed by atoms with Crippen molar-refractivity contribution in [2.75, 3.05) is 11.9 Å². The van der Waals surface area contributed by atoms with E-state index in [0.29, 0.717) is 5.75 Å². The van der Waals surface area contributed by atoms with Gasteiger partial charge in [0.15, 0.2) is 0 Å². The number of rotatable bonds is 5. The number of carbonyl (C=O) groups is 2. The number of hydrogen-bond acceptors (Lipinski definition) is 6. The van der Waals surface area contributed by atoms with Crippen molar-refractivity contribution in [1.82, 2.24) is 5.32 Å². The van der Waals surface area contributed by atoms with Crippen LogP contribution in [0, 0.1) is 5.92 Å². The van der Waals surface area contributed by atoms with Gasteiger partial charge in [-0.05, 0) is 60.5 Å². The molecule has 0 aromatic heterocycles. The number of benzene rings is 3. The lowest BCUT2D eigenvalue weighted by atomic mass is 9.96. The van der Waals surface area contributed by atoms with Gasteiger partial charge in [-0.1, -0.05) is 31.2 Å². The Morgan fingerprint density at radius 2 is 1.89 bits per heavy atom. The highest BCUT2D eigenvalue weighted by Gasteiger charge is 2.31. The fourth-order valence-electron chi connectivity index (χ4n) is 4.25. The molecule has 0 saturated heterocycles. The van der Waals surface area contributed by atoms with Crippen LogP contribution in [0.2, 0.25) is 0 Å². The van der Waals surface area contributed by atoms with Crippen LogP contribution in [0.3, 0.4) is 0 Å². The summed E-state index contributed by atoms with van der Waals surface area (Å²) >= 11 is 0. The smallest absolute Gasteiger partial charge is 0.257 e. The Labute approximate surface area is 214 Å². The van der Waals surface area contributed by atoms with Gasteiger partial charge in [0, 0.05) is 24.1 Å². The third-order valence-corrected chi connectivity index (χ3v) is 8.12. The van der Waals surface area contributed by atoms with E-state index in [9.17, 15) is 23.1 Å². The molecule has 1 heterocycles. The maximum atomic E-state index is 13.1. The van der Waals surface area contributed by atoms with Crippen molar-refractivity contribution in [3.05, 3.63) is 101 Å². The summed E-state index contributed by atoms with van der Waals surface area (Å²) in [5.74, 6) is 0.502. The number of aromatic hydroxyl groups is 1. The molecule has 0 fully saturated rings. The van der Waals surface area contributed by atoms with Crippen molar-refractivity contribution in [1.29, 1.82) is 0 Å². The first-order valence-corrected chi connectivity index (χ1v) is 13.2. The molecule has 188 valence electrons. The minimum atomic E-state index is -3.94. The van der Waals surface area contributed by atoms with Gasteiger partial charge in [-0.25, -0.2) is 8.42 Å². The summed E-state index contributed by atoms with van der Waals surface area (Å²) in [5, 5.41) is 15.1. The van der Waals surface area contributed by atoms with Crippen LogP contribution in [0.15, 0.2) is 100 Å². The largest absolute Gasteiger partial charge is 0.508 e. The second-order valence-corrected chi connectivity index (χ2v) is 10.8. The zero-order valence-corrected chi connectivity index (χ0v) is 20.7. The van der Waals surface area contributed by atoms with Gasteiger partial charge in [-0.2, -0.15) is 0 Å². The van der Waals surface area contributed by atoms with Gasteiger partial charge >= 0.3 is 0 Å². The number of carbonyl (C=O) groups excluding carboxylic acids is 2. The molecule has 37 heavy (non-hydrogen) atoms. The third kappa shape index (κ3) is 4.85. The Bertz CT molecular complexity index is 1590. The topological polar surface area (TPSA) is 122 Å². The average molecular weight is 517 g/mol. The van der Waals surface area contributed by atoms with E-state index in [0.717, 1.165) is 17.8 Å². The fraction of sp³-hybridized carbons (Fsp3) is 0.143. The lowest BCUT2D eigenvalue weighted by Gasteiger charge is -2.21. The maximum Gasteiger partial charge on any atom is 0.257 e. The number of ether oxygens (including phenoxy) is 1. The van der Waals surface area contributed by atoms with Gasteiger partial charge in [0.2, 0.25) is 9.84 Å². The Kier molecular flexibility index (Phi) is 6.31. The molecule has 8 nitrogen and oxygen atoms in total. The summed E-state index contributed by atoms with van der Waals surface area (Å²) in [5.41, 5.74) is 1.17. The lowest BCUT2D eigenvalue weighted by molar-refractivity contribution is 0.0955. The molecule has 1 unspecified atom stereocenters. The van der Waals surface area contributed by atoms with Gasteiger partial charge in [0.05, 0.1) is 21.0 Å². The zero-order chi connectivity index (χ0) is 26.2. The summed E-state index contributed by atoms with van der Waals surface area (Å²) in [4.78, 5) is 25.4. The second kappa shape index (κ2) is 9.59. The minimum Gasteiger partial charge on any atom is -0.508 e. The molecule has 3 aromatic rings. The summed E-state index contributed by atoms with van der Waals surface area (Å²) in [6, 6.07) is 16.7. The Hall–Kier alpha value is -4.37. The molecule has 2 amide bonds. The highest BCUT2D eigenvalue weighted by atomic mass is 32.2. The Morgan fingerprint density at radius 3 is 2.70 bits per heavy atom. The van der Waals surface area contributed by atoms with E-state index in [1.165, 1.54) is 36.4 Å². The van der Waals surface area contributed by atoms with E-state index in [-0.39, 0.29) is 44.8 Å². The van der Waals surface area contributed by atoms with E-state index >= 15 is 0 Å². The molecule has 2 aliphatic rings. The maximum absolute atomic E-state index is 13.1. The molecular weight excluding hydrogens is 492 g/mol. The number of nitrogens with one attached hydrogen (secondary N) is 2. The van der Waals surface area contributed by atoms with Crippen LogP contribution < -0.4 is 15.4 Å². The fourth-order valence-corrected chi connectivity index (χ4v) is 5.84. The zero-order valence-electron chi connectivity index (χ0n) is 19.9. The number of phenols is 1. The molecule has 1 aliphatic heterocycles. The minimum absolute atomic E-state index is 0.0543. The monoisotopic (exact) mass is 516 g/mol. The van der Waals surface area contributed by atoms with Crippen molar-refractivity contribution < 1.29 is 27.9 Å². The van der Waals surface area contributed by atoms with Crippen molar-refractivity contribution in [3.8, 4) is 11.5 Å². The summed E-state index contributed by atoms with van der Waals surface area (Å²) < 4.78 is 32.2. The number of sulfone groups is 1. The van der Waals surface area contributed by atoms with Gasteiger partial charge < -0.3 is 20.5 Å². The first kappa shape index (κ1) is 24.3. The molecule has 1 atom stereocenters. The molecule has 9 heteroatoms. The molecule has 0 bridgehead atoms. The van der Waals surface area contributed by atoms with E-state index in [4.69, 9.17) is 4.74 Å². The molecule has 3 N–H and O–H groups in total. The van der Waals surface area contributed by atoms with Gasteiger partial charge in [0.1, 0.15) is 17.3 Å². The standard InChI is InChI=1S/C28H24N2O6S/c1-17-9-10-18(13-24(17)36-21-6-4-5-20(31)15-21)16-29-27(32)19-11-12-26-23(14-19)30-28(33)22-7-2-3-8-25(22)37(26,34)35/h2-8,10-15,17,31H,9,16H2,1H3,(H,29,32)(H,30,33). The molecule has 3 aromatic carbocycles. The number of hydrogen-bond donors (Lipinski definition) is 3. The average Bonchev–Trinajstić information content (AvgIpc) is 2.96. The number of amides is 2. The van der Waals surface area contributed by atoms with Crippen molar-refractivity contribution in [2.45, 2.75) is 23.1 Å². The first-order valence-electron chi connectivity index (χ1n) is 11.7. The SMILES string of the molecule is CC1CC=C(CNC(=O)c2ccc3c(c2)NC(=O)c2ccccc2S3(=O)=O)C=C1Oc1cccc(O)c1. The molecular formula is C28H24N2O6S. The molecule has 5 rings (SSSR count).